The number of hydrogen-bond donors (Lipinski definition) is 1. The van der Waals surface area contributed by atoms with Crippen molar-refractivity contribution >= 4 is 5.69 Å². The van der Waals surface area contributed by atoms with E-state index in [1.807, 2.05) is 43.3 Å². The van der Waals surface area contributed by atoms with Crippen LogP contribution in [0.4, 0.5) is 5.69 Å². The van der Waals surface area contributed by atoms with Gasteiger partial charge in [-0.25, -0.2) is 5.43 Å². The van der Waals surface area contributed by atoms with E-state index in [1.54, 1.807) is 0 Å². The maximum absolute atomic E-state index is 6.09. The molecule has 1 N–H and O–H groups in total. The summed E-state index contributed by atoms with van der Waals surface area (Å²) in [6.07, 6.45) is 4.28. The molecule has 0 fully saturated rings. The zero-order valence-electron chi connectivity index (χ0n) is 15.7. The molecule has 2 aromatic carbocycles. The third kappa shape index (κ3) is 4.87. The fourth-order valence-corrected chi connectivity index (χ4v) is 3.08. The minimum Gasteiger partial charge on any atom is -0.487 e. The van der Waals surface area contributed by atoms with Gasteiger partial charge < -0.3 is 9.47 Å². The summed E-state index contributed by atoms with van der Waals surface area (Å²) in [6, 6.07) is 18.7. The van der Waals surface area contributed by atoms with E-state index < -0.39 is 0 Å². The lowest BCUT2D eigenvalue weighted by Gasteiger charge is -2.22. The highest BCUT2D eigenvalue weighted by molar-refractivity contribution is 5.61. The van der Waals surface area contributed by atoms with Crippen molar-refractivity contribution in [3.63, 3.8) is 0 Å². The Labute approximate surface area is 156 Å². The van der Waals surface area contributed by atoms with Gasteiger partial charge in [0.1, 0.15) is 12.4 Å². The van der Waals surface area contributed by atoms with Crippen molar-refractivity contribution < 1.29 is 9.47 Å². The van der Waals surface area contributed by atoms with E-state index in [-0.39, 0.29) is 0 Å². The van der Waals surface area contributed by atoms with E-state index in [0.29, 0.717) is 12.6 Å². The van der Waals surface area contributed by atoms with Crippen molar-refractivity contribution in [1.29, 1.82) is 0 Å². The molecule has 0 aromatic heterocycles. The second kappa shape index (κ2) is 9.41. The lowest BCUT2D eigenvalue weighted by molar-refractivity contribution is 0.142. The third-order valence-electron chi connectivity index (χ3n) is 4.52. The minimum absolute atomic E-state index is 0.345. The first-order valence-corrected chi connectivity index (χ1v) is 9.35. The molecule has 2 aromatic rings. The highest BCUT2D eigenvalue weighted by atomic mass is 16.5. The van der Waals surface area contributed by atoms with Crippen LogP contribution in [-0.4, -0.2) is 19.3 Å². The third-order valence-corrected chi connectivity index (χ3v) is 4.52. The highest BCUT2D eigenvalue weighted by Gasteiger charge is 2.23. The summed E-state index contributed by atoms with van der Waals surface area (Å²) in [6.45, 7) is 6.37. The normalized spacial score (nSPS) is 16.6. The van der Waals surface area contributed by atoms with Gasteiger partial charge in [0, 0.05) is 25.5 Å². The molecule has 26 heavy (non-hydrogen) atoms. The average molecular weight is 352 g/mol. The van der Waals surface area contributed by atoms with Crippen LogP contribution >= 0.6 is 0 Å². The number of ether oxygens (including phenoxy) is 2. The predicted molar refractivity (Wildman–Crippen MR) is 106 cm³/mol. The maximum atomic E-state index is 6.09. The number of anilines is 1. The van der Waals surface area contributed by atoms with Crippen molar-refractivity contribution in [2.75, 3.05) is 18.2 Å². The highest BCUT2D eigenvalue weighted by Crippen LogP contribution is 2.31. The summed E-state index contributed by atoms with van der Waals surface area (Å²) in [5.74, 6) is 0.878. The van der Waals surface area contributed by atoms with E-state index in [1.165, 1.54) is 5.57 Å². The molecule has 1 atom stereocenters. The Hall–Kier alpha value is -2.30. The van der Waals surface area contributed by atoms with Crippen molar-refractivity contribution in [2.45, 2.75) is 39.3 Å². The van der Waals surface area contributed by atoms with E-state index in [0.717, 1.165) is 43.1 Å². The molecule has 138 valence electrons. The van der Waals surface area contributed by atoms with Gasteiger partial charge in [-0.15, -0.1) is 0 Å². The summed E-state index contributed by atoms with van der Waals surface area (Å²) in [5.41, 5.74) is 7.11. The molecule has 1 aliphatic heterocycles. The molecule has 0 saturated carbocycles. The Morgan fingerprint density at radius 1 is 1.04 bits per heavy atom. The number of para-hydroxylation sites is 2. The van der Waals surface area contributed by atoms with Crippen LogP contribution in [0.5, 0.6) is 5.75 Å². The van der Waals surface area contributed by atoms with Crippen molar-refractivity contribution in [2.24, 2.45) is 0 Å². The Kier molecular flexibility index (Phi) is 6.69. The van der Waals surface area contributed by atoms with E-state index in [2.05, 4.69) is 41.8 Å². The molecule has 1 heterocycles. The van der Waals surface area contributed by atoms with Gasteiger partial charge in [0.2, 0.25) is 0 Å². The molecule has 1 aliphatic rings. The topological polar surface area (TPSA) is 33.7 Å². The summed E-state index contributed by atoms with van der Waals surface area (Å²) in [7, 11) is 0. The zero-order chi connectivity index (χ0) is 18.2. The van der Waals surface area contributed by atoms with Gasteiger partial charge in [-0.3, -0.25) is 5.01 Å². The van der Waals surface area contributed by atoms with Crippen LogP contribution < -0.4 is 15.2 Å². The molecule has 0 amide bonds. The summed E-state index contributed by atoms with van der Waals surface area (Å²) in [5, 5.41) is 2.08. The molecule has 0 bridgehead atoms. The lowest BCUT2D eigenvalue weighted by atomic mass is 10.1. The van der Waals surface area contributed by atoms with Crippen LogP contribution in [0.15, 0.2) is 66.4 Å². The second-order valence-electron chi connectivity index (χ2n) is 6.51. The lowest BCUT2D eigenvalue weighted by Crippen LogP contribution is -2.36. The maximum Gasteiger partial charge on any atom is 0.144 e. The SMILES string of the molecule is CCOCCCC1NN(c2ccccc2OCc2ccccc2)C=C1C. The Morgan fingerprint density at radius 3 is 2.62 bits per heavy atom. The molecular weight excluding hydrogens is 324 g/mol. The fourth-order valence-electron chi connectivity index (χ4n) is 3.08. The predicted octanol–water partition coefficient (Wildman–Crippen LogP) is 4.68. The summed E-state index contributed by atoms with van der Waals surface area (Å²) in [4.78, 5) is 0. The van der Waals surface area contributed by atoms with Gasteiger partial charge in [-0.1, -0.05) is 42.5 Å². The molecule has 0 saturated heterocycles. The van der Waals surface area contributed by atoms with Crippen LogP contribution in [0.1, 0.15) is 32.3 Å². The van der Waals surface area contributed by atoms with Gasteiger partial charge in [-0.2, -0.15) is 0 Å². The molecule has 4 nitrogen and oxygen atoms in total. The molecule has 0 aliphatic carbocycles. The molecule has 0 radical (unpaired) electrons. The number of benzene rings is 2. The van der Waals surface area contributed by atoms with E-state index >= 15 is 0 Å². The van der Waals surface area contributed by atoms with Crippen LogP contribution in [0.25, 0.3) is 0 Å². The van der Waals surface area contributed by atoms with Crippen LogP contribution in [0, 0.1) is 0 Å². The first kappa shape index (κ1) is 18.5. The molecule has 0 spiro atoms. The molecule has 1 unspecified atom stereocenters. The van der Waals surface area contributed by atoms with Gasteiger partial charge in [-0.05, 0) is 50.0 Å². The standard InChI is InChI=1S/C22H28N2O2/c1-3-25-15-9-12-20-18(2)16-24(23-20)21-13-7-8-14-22(21)26-17-19-10-5-4-6-11-19/h4-8,10-11,13-14,16,20,23H,3,9,12,15,17H2,1-2H3. The van der Waals surface area contributed by atoms with Gasteiger partial charge >= 0.3 is 0 Å². The number of nitrogens with zero attached hydrogens (tertiary/aromatic N) is 1. The van der Waals surface area contributed by atoms with Crippen LogP contribution in [0.3, 0.4) is 0 Å². The van der Waals surface area contributed by atoms with Gasteiger partial charge in [0.25, 0.3) is 0 Å². The molecule has 3 rings (SSSR count). The average Bonchev–Trinajstić information content (AvgIpc) is 3.05. The van der Waals surface area contributed by atoms with Gasteiger partial charge in [0.15, 0.2) is 0 Å². The number of hydrazine groups is 1. The summed E-state index contributed by atoms with van der Waals surface area (Å²) < 4.78 is 11.5. The fraction of sp³-hybridized carbons (Fsp3) is 0.364. The molecule has 4 heteroatoms. The van der Waals surface area contributed by atoms with Crippen molar-refractivity contribution in [1.82, 2.24) is 5.43 Å². The Bertz CT molecular complexity index is 715. The van der Waals surface area contributed by atoms with E-state index in [4.69, 9.17) is 9.47 Å². The number of rotatable bonds is 9. The van der Waals surface area contributed by atoms with Gasteiger partial charge in [0.05, 0.1) is 5.69 Å². The first-order valence-electron chi connectivity index (χ1n) is 9.35. The zero-order valence-corrected chi connectivity index (χ0v) is 15.7. The number of hydrogen-bond acceptors (Lipinski definition) is 4. The van der Waals surface area contributed by atoms with E-state index in [9.17, 15) is 0 Å². The van der Waals surface area contributed by atoms with Crippen LogP contribution in [-0.2, 0) is 11.3 Å². The smallest absolute Gasteiger partial charge is 0.144 e. The molecular formula is C22H28N2O2. The summed E-state index contributed by atoms with van der Waals surface area (Å²) >= 11 is 0. The van der Waals surface area contributed by atoms with Crippen molar-refractivity contribution in [3.05, 3.63) is 71.9 Å². The van der Waals surface area contributed by atoms with Crippen molar-refractivity contribution in [3.8, 4) is 5.75 Å². The quantitative estimate of drug-likeness (QED) is 0.665. The largest absolute Gasteiger partial charge is 0.487 e. The first-order chi connectivity index (χ1) is 12.8. The van der Waals surface area contributed by atoms with Crippen LogP contribution in [0.2, 0.25) is 0 Å². The number of nitrogens with one attached hydrogen (secondary N) is 1. The minimum atomic E-state index is 0.345. The Morgan fingerprint density at radius 2 is 1.81 bits per heavy atom. The Balaban J connectivity index is 1.62. The second-order valence-corrected chi connectivity index (χ2v) is 6.51. The monoisotopic (exact) mass is 352 g/mol.